The number of nitrogens with zero attached hydrogens (tertiary/aromatic N) is 2. The number of nitrogens with one attached hydrogen (secondary N) is 1. The van der Waals surface area contributed by atoms with Gasteiger partial charge < -0.3 is 5.32 Å². The quantitative estimate of drug-likeness (QED) is 0.791. The van der Waals surface area contributed by atoms with E-state index in [-0.39, 0.29) is 0 Å². The van der Waals surface area contributed by atoms with Gasteiger partial charge in [-0.15, -0.1) is 11.8 Å². The predicted molar refractivity (Wildman–Crippen MR) is 86.2 cm³/mol. The van der Waals surface area contributed by atoms with Crippen LogP contribution in [0, 0.1) is 0 Å². The molecule has 1 atom stereocenters. The molecule has 0 saturated carbocycles. The third-order valence-corrected chi connectivity index (χ3v) is 4.16. The molecule has 1 aromatic heterocycles. The molecule has 1 N–H and O–H groups in total. The first-order chi connectivity index (χ1) is 9.76. The number of benzene rings is 1. The van der Waals surface area contributed by atoms with Gasteiger partial charge in [0.25, 0.3) is 0 Å². The Morgan fingerprint density at radius 3 is 2.55 bits per heavy atom. The van der Waals surface area contributed by atoms with E-state index in [2.05, 4.69) is 61.0 Å². The van der Waals surface area contributed by atoms with Crippen molar-refractivity contribution in [2.24, 2.45) is 0 Å². The predicted octanol–water partition coefficient (Wildman–Crippen LogP) is 3.52. The topological polar surface area (TPSA) is 29.9 Å². The van der Waals surface area contributed by atoms with Gasteiger partial charge in [0.2, 0.25) is 0 Å². The number of rotatable bonds is 7. The summed E-state index contributed by atoms with van der Waals surface area (Å²) >= 11 is 1.78. The molecule has 0 radical (unpaired) electrons. The SMILES string of the molecule is CCNC(Cc1cnn(CC)c1)c1ccc(SC)cc1. The summed E-state index contributed by atoms with van der Waals surface area (Å²) in [7, 11) is 0. The van der Waals surface area contributed by atoms with Gasteiger partial charge in [-0.2, -0.15) is 5.10 Å². The Kier molecular flexibility index (Phi) is 5.68. The lowest BCUT2D eigenvalue weighted by atomic mass is 10.0. The number of thioether (sulfide) groups is 1. The Bertz CT molecular complexity index is 519. The third kappa shape index (κ3) is 3.87. The Balaban J connectivity index is 2.12. The molecule has 0 bridgehead atoms. The van der Waals surface area contributed by atoms with Crippen LogP contribution in [0.2, 0.25) is 0 Å². The maximum absolute atomic E-state index is 4.35. The highest BCUT2D eigenvalue weighted by Crippen LogP contribution is 2.22. The van der Waals surface area contributed by atoms with Crippen molar-refractivity contribution in [3.05, 3.63) is 47.8 Å². The molecule has 108 valence electrons. The van der Waals surface area contributed by atoms with Crippen molar-refractivity contribution in [1.29, 1.82) is 0 Å². The summed E-state index contributed by atoms with van der Waals surface area (Å²) < 4.78 is 1.98. The summed E-state index contributed by atoms with van der Waals surface area (Å²) in [5.41, 5.74) is 2.63. The molecule has 2 rings (SSSR count). The van der Waals surface area contributed by atoms with Crippen LogP contribution in [0.4, 0.5) is 0 Å². The summed E-state index contributed by atoms with van der Waals surface area (Å²) in [6.45, 7) is 6.16. The van der Waals surface area contributed by atoms with Crippen LogP contribution in [0.15, 0.2) is 41.6 Å². The zero-order chi connectivity index (χ0) is 14.4. The smallest absolute Gasteiger partial charge is 0.0522 e. The molecule has 1 unspecified atom stereocenters. The van der Waals surface area contributed by atoms with Crippen LogP contribution in [-0.2, 0) is 13.0 Å². The number of aryl methyl sites for hydroxylation is 1. The van der Waals surface area contributed by atoms with Crippen molar-refractivity contribution < 1.29 is 0 Å². The lowest BCUT2D eigenvalue weighted by Crippen LogP contribution is -2.22. The molecule has 0 amide bonds. The molecule has 0 spiro atoms. The summed E-state index contributed by atoms with van der Waals surface area (Å²) in [5.74, 6) is 0. The molecule has 0 aliphatic rings. The fourth-order valence-corrected chi connectivity index (χ4v) is 2.72. The van der Waals surface area contributed by atoms with Crippen LogP contribution >= 0.6 is 11.8 Å². The van der Waals surface area contributed by atoms with E-state index in [4.69, 9.17) is 0 Å². The number of likely N-dealkylation sites (N-methyl/N-ethyl adjacent to an activating group) is 1. The van der Waals surface area contributed by atoms with Crippen LogP contribution in [0.25, 0.3) is 0 Å². The van der Waals surface area contributed by atoms with Crippen molar-refractivity contribution in [3.8, 4) is 0 Å². The molecule has 3 nitrogen and oxygen atoms in total. The van der Waals surface area contributed by atoms with E-state index < -0.39 is 0 Å². The van der Waals surface area contributed by atoms with Crippen molar-refractivity contribution >= 4 is 11.8 Å². The van der Waals surface area contributed by atoms with Crippen LogP contribution in [0.3, 0.4) is 0 Å². The molecular weight excluding hydrogens is 266 g/mol. The van der Waals surface area contributed by atoms with E-state index in [0.717, 1.165) is 19.5 Å². The van der Waals surface area contributed by atoms with Crippen molar-refractivity contribution in [1.82, 2.24) is 15.1 Å². The van der Waals surface area contributed by atoms with Gasteiger partial charge in [-0.3, -0.25) is 4.68 Å². The average molecular weight is 289 g/mol. The van der Waals surface area contributed by atoms with Gasteiger partial charge in [0.1, 0.15) is 0 Å². The van der Waals surface area contributed by atoms with Crippen molar-refractivity contribution in [2.75, 3.05) is 12.8 Å². The second kappa shape index (κ2) is 7.50. The van der Waals surface area contributed by atoms with E-state index in [0.29, 0.717) is 6.04 Å². The van der Waals surface area contributed by atoms with Gasteiger partial charge in [-0.05, 0) is 49.4 Å². The maximum Gasteiger partial charge on any atom is 0.0522 e. The highest BCUT2D eigenvalue weighted by atomic mass is 32.2. The average Bonchev–Trinajstić information content (AvgIpc) is 2.95. The van der Waals surface area contributed by atoms with Crippen LogP contribution in [-0.4, -0.2) is 22.6 Å². The molecule has 4 heteroatoms. The Morgan fingerprint density at radius 2 is 2.00 bits per heavy atom. The molecular formula is C16H23N3S. The van der Waals surface area contributed by atoms with Gasteiger partial charge in [0.05, 0.1) is 6.20 Å². The number of aromatic nitrogens is 2. The van der Waals surface area contributed by atoms with Gasteiger partial charge in [-0.25, -0.2) is 0 Å². The van der Waals surface area contributed by atoms with Gasteiger partial charge in [0.15, 0.2) is 0 Å². The first-order valence-electron chi connectivity index (χ1n) is 7.15. The van der Waals surface area contributed by atoms with Crippen LogP contribution < -0.4 is 5.32 Å². The standard InChI is InChI=1S/C16H23N3S/c1-4-17-16(10-13-11-18-19(5-2)12-13)14-6-8-15(20-3)9-7-14/h6-9,11-12,16-17H,4-5,10H2,1-3H3. The van der Waals surface area contributed by atoms with Crippen molar-refractivity contribution in [2.45, 2.75) is 37.8 Å². The monoisotopic (exact) mass is 289 g/mol. The van der Waals surface area contributed by atoms with Gasteiger partial charge in [0, 0.05) is 23.7 Å². The van der Waals surface area contributed by atoms with Crippen molar-refractivity contribution in [3.63, 3.8) is 0 Å². The highest BCUT2D eigenvalue weighted by molar-refractivity contribution is 7.98. The summed E-state index contributed by atoms with van der Waals surface area (Å²) in [5, 5.41) is 7.92. The Labute approximate surface area is 125 Å². The van der Waals surface area contributed by atoms with Crippen LogP contribution in [0.1, 0.15) is 31.0 Å². The van der Waals surface area contributed by atoms with E-state index in [9.17, 15) is 0 Å². The Hall–Kier alpha value is -1.26. The largest absolute Gasteiger partial charge is 0.310 e. The molecule has 2 aromatic rings. The maximum atomic E-state index is 4.35. The molecule has 1 heterocycles. The van der Waals surface area contributed by atoms with E-state index in [1.165, 1.54) is 16.0 Å². The molecule has 0 aliphatic heterocycles. The lowest BCUT2D eigenvalue weighted by Gasteiger charge is -2.18. The van der Waals surface area contributed by atoms with E-state index >= 15 is 0 Å². The summed E-state index contributed by atoms with van der Waals surface area (Å²) in [6, 6.07) is 9.19. The van der Waals surface area contributed by atoms with Gasteiger partial charge >= 0.3 is 0 Å². The first-order valence-corrected chi connectivity index (χ1v) is 8.38. The minimum absolute atomic E-state index is 0.352. The second-order valence-electron chi connectivity index (χ2n) is 4.79. The Morgan fingerprint density at radius 1 is 1.25 bits per heavy atom. The third-order valence-electron chi connectivity index (χ3n) is 3.42. The minimum atomic E-state index is 0.352. The summed E-state index contributed by atoms with van der Waals surface area (Å²) in [6.07, 6.45) is 7.20. The molecule has 1 aromatic carbocycles. The van der Waals surface area contributed by atoms with Gasteiger partial charge in [-0.1, -0.05) is 19.1 Å². The second-order valence-corrected chi connectivity index (χ2v) is 5.67. The molecule has 0 aliphatic carbocycles. The first kappa shape index (κ1) is 15.1. The highest BCUT2D eigenvalue weighted by Gasteiger charge is 2.12. The summed E-state index contributed by atoms with van der Waals surface area (Å²) in [4.78, 5) is 1.31. The normalized spacial score (nSPS) is 12.6. The molecule has 20 heavy (non-hydrogen) atoms. The fourth-order valence-electron chi connectivity index (χ4n) is 2.31. The zero-order valence-electron chi connectivity index (χ0n) is 12.5. The number of hydrogen-bond acceptors (Lipinski definition) is 3. The fraction of sp³-hybridized carbons (Fsp3) is 0.438. The molecule has 0 fully saturated rings. The lowest BCUT2D eigenvalue weighted by molar-refractivity contribution is 0.549. The van der Waals surface area contributed by atoms with E-state index in [1.807, 2.05) is 10.9 Å². The number of hydrogen-bond donors (Lipinski definition) is 1. The molecule has 0 saturated heterocycles. The van der Waals surface area contributed by atoms with E-state index in [1.54, 1.807) is 11.8 Å². The minimum Gasteiger partial charge on any atom is -0.310 e. The van der Waals surface area contributed by atoms with Crippen LogP contribution in [0.5, 0.6) is 0 Å². The zero-order valence-corrected chi connectivity index (χ0v) is 13.3.